The number of nitrogens with one attached hydrogen (secondary N) is 1. The van der Waals surface area contributed by atoms with Crippen molar-refractivity contribution in [2.75, 3.05) is 0 Å². The van der Waals surface area contributed by atoms with Crippen LogP contribution < -0.4 is 5.43 Å². The highest BCUT2D eigenvalue weighted by Gasteiger charge is 2.04. The largest absolute Gasteiger partial charge is 0.455 e. The molecule has 0 unspecified atom stereocenters. The van der Waals surface area contributed by atoms with Crippen LogP contribution in [0.5, 0.6) is 0 Å². The maximum atomic E-state index is 11.7. The second-order valence-corrected chi connectivity index (χ2v) is 6.23. The van der Waals surface area contributed by atoms with Gasteiger partial charge in [-0.3, -0.25) is 4.79 Å². The van der Waals surface area contributed by atoms with E-state index in [4.69, 9.17) is 16.0 Å². The van der Waals surface area contributed by atoms with E-state index in [9.17, 15) is 4.79 Å². The fourth-order valence-corrected chi connectivity index (χ4v) is 2.80. The Balaban J connectivity index is 1.58. The van der Waals surface area contributed by atoms with Crippen LogP contribution in [0.4, 0.5) is 0 Å². The number of rotatable bonds is 5. The number of amides is 1. The third kappa shape index (κ3) is 4.31. The number of thiophene rings is 1. The van der Waals surface area contributed by atoms with Crippen molar-refractivity contribution >= 4 is 35.1 Å². The molecule has 0 aliphatic rings. The number of hydrogen-bond donors (Lipinski definition) is 1. The van der Waals surface area contributed by atoms with Gasteiger partial charge in [-0.15, -0.1) is 11.3 Å². The predicted molar refractivity (Wildman–Crippen MR) is 92.9 cm³/mol. The lowest BCUT2D eigenvalue weighted by Gasteiger charge is -1.97. The van der Waals surface area contributed by atoms with Crippen LogP contribution in [-0.4, -0.2) is 12.1 Å². The molecule has 0 saturated carbocycles. The lowest BCUT2D eigenvalue weighted by molar-refractivity contribution is -0.120. The first-order valence-corrected chi connectivity index (χ1v) is 8.16. The number of furan rings is 1. The van der Waals surface area contributed by atoms with Gasteiger partial charge in [-0.1, -0.05) is 17.7 Å². The van der Waals surface area contributed by atoms with Crippen LogP contribution in [0.15, 0.2) is 63.4 Å². The molecule has 0 radical (unpaired) electrons. The van der Waals surface area contributed by atoms with Crippen molar-refractivity contribution in [3.8, 4) is 11.3 Å². The van der Waals surface area contributed by atoms with Gasteiger partial charge in [-0.05, 0) is 47.8 Å². The third-order valence-corrected chi connectivity index (χ3v) is 4.18. The monoisotopic (exact) mass is 344 g/mol. The number of carbonyl (C=O) groups excluding carboxylic acids is 1. The average Bonchev–Trinajstić information content (AvgIpc) is 3.20. The highest BCUT2D eigenvalue weighted by atomic mass is 35.5. The van der Waals surface area contributed by atoms with Crippen molar-refractivity contribution in [2.45, 2.75) is 6.42 Å². The summed E-state index contributed by atoms with van der Waals surface area (Å²) in [7, 11) is 0. The summed E-state index contributed by atoms with van der Waals surface area (Å²) < 4.78 is 5.66. The van der Waals surface area contributed by atoms with Gasteiger partial charge in [0.15, 0.2) is 0 Å². The van der Waals surface area contributed by atoms with E-state index < -0.39 is 0 Å². The summed E-state index contributed by atoms with van der Waals surface area (Å²) >= 11 is 7.40. The molecule has 23 heavy (non-hydrogen) atoms. The lowest BCUT2D eigenvalue weighted by Crippen LogP contribution is -2.19. The van der Waals surface area contributed by atoms with Gasteiger partial charge in [-0.25, -0.2) is 5.43 Å². The van der Waals surface area contributed by atoms with Crippen molar-refractivity contribution in [3.63, 3.8) is 0 Å². The number of halogens is 1. The number of hydrogen-bond acceptors (Lipinski definition) is 4. The van der Waals surface area contributed by atoms with Crippen LogP contribution in [-0.2, 0) is 11.2 Å². The first-order chi connectivity index (χ1) is 11.2. The summed E-state index contributed by atoms with van der Waals surface area (Å²) in [6.45, 7) is 0. The number of carbonyl (C=O) groups is 1. The Hall–Kier alpha value is -2.37. The maximum absolute atomic E-state index is 11.7. The molecular formula is C17H13ClN2O2S. The summed E-state index contributed by atoms with van der Waals surface area (Å²) in [6.07, 6.45) is 1.80. The van der Waals surface area contributed by atoms with Crippen molar-refractivity contribution in [1.29, 1.82) is 0 Å². The van der Waals surface area contributed by atoms with Crippen molar-refractivity contribution in [1.82, 2.24) is 5.43 Å². The Labute approximate surface area is 142 Å². The minimum absolute atomic E-state index is 0.159. The molecule has 3 aromatic rings. The average molecular weight is 345 g/mol. The molecular weight excluding hydrogens is 332 g/mol. The van der Waals surface area contributed by atoms with Gasteiger partial charge >= 0.3 is 0 Å². The summed E-state index contributed by atoms with van der Waals surface area (Å²) in [5.74, 6) is 1.12. The maximum Gasteiger partial charge on any atom is 0.245 e. The zero-order chi connectivity index (χ0) is 16.1. The summed E-state index contributed by atoms with van der Waals surface area (Å²) in [4.78, 5) is 12.7. The SMILES string of the molecule is O=C(Cc1cccs1)N/N=C\c1ccc(-c2ccc(Cl)cc2)o1. The quantitative estimate of drug-likeness (QED) is 0.552. The molecule has 0 fully saturated rings. The van der Waals surface area contributed by atoms with Crippen LogP contribution in [0.3, 0.4) is 0 Å². The van der Waals surface area contributed by atoms with Crippen molar-refractivity contribution < 1.29 is 9.21 Å². The minimum Gasteiger partial charge on any atom is -0.455 e. The molecule has 6 heteroatoms. The number of benzene rings is 1. The fourth-order valence-electron chi connectivity index (χ4n) is 1.97. The third-order valence-electron chi connectivity index (χ3n) is 3.05. The van der Waals surface area contributed by atoms with Crippen LogP contribution in [0.2, 0.25) is 5.02 Å². The van der Waals surface area contributed by atoms with Gasteiger partial charge in [0.2, 0.25) is 5.91 Å². The Kier molecular flexibility index (Phi) is 4.90. The summed E-state index contributed by atoms with van der Waals surface area (Å²) in [6, 6.07) is 14.8. The van der Waals surface area contributed by atoms with Gasteiger partial charge in [-0.2, -0.15) is 5.10 Å². The molecule has 116 valence electrons. The molecule has 0 spiro atoms. The van der Waals surface area contributed by atoms with Crippen molar-refractivity contribution in [2.24, 2.45) is 5.10 Å². The Morgan fingerprint density at radius 1 is 1.22 bits per heavy atom. The Bertz CT molecular complexity index is 808. The Morgan fingerprint density at radius 3 is 2.78 bits per heavy atom. The van der Waals surface area contributed by atoms with Crippen LogP contribution >= 0.6 is 22.9 Å². The highest BCUT2D eigenvalue weighted by Crippen LogP contribution is 2.23. The normalized spacial score (nSPS) is 11.0. The first kappa shape index (κ1) is 15.5. The van der Waals surface area contributed by atoms with E-state index in [-0.39, 0.29) is 5.91 Å². The van der Waals surface area contributed by atoms with E-state index in [1.54, 1.807) is 29.5 Å². The van der Waals surface area contributed by atoms with Crippen molar-refractivity contribution in [3.05, 3.63) is 69.6 Å². The molecule has 1 amide bonds. The first-order valence-electron chi connectivity index (χ1n) is 6.91. The molecule has 0 saturated heterocycles. The fraction of sp³-hybridized carbons (Fsp3) is 0.0588. The zero-order valence-corrected chi connectivity index (χ0v) is 13.6. The molecule has 0 bridgehead atoms. The van der Waals surface area contributed by atoms with E-state index >= 15 is 0 Å². The smallest absolute Gasteiger partial charge is 0.245 e. The molecule has 0 aliphatic carbocycles. The van der Waals surface area contributed by atoms with Gasteiger partial charge < -0.3 is 4.42 Å². The second-order valence-electron chi connectivity index (χ2n) is 4.76. The molecule has 1 N–H and O–H groups in total. The molecule has 0 atom stereocenters. The molecule has 3 rings (SSSR count). The van der Waals surface area contributed by atoms with E-state index in [0.29, 0.717) is 23.0 Å². The highest BCUT2D eigenvalue weighted by molar-refractivity contribution is 7.10. The Morgan fingerprint density at radius 2 is 2.04 bits per heavy atom. The zero-order valence-electron chi connectivity index (χ0n) is 12.0. The van der Waals surface area contributed by atoms with Gasteiger partial charge in [0.1, 0.15) is 11.5 Å². The number of nitrogens with zero attached hydrogens (tertiary/aromatic N) is 1. The van der Waals surface area contributed by atoms with E-state index in [1.165, 1.54) is 6.21 Å². The van der Waals surface area contributed by atoms with E-state index in [1.807, 2.05) is 35.7 Å². The standard InChI is InChI=1S/C17H13ClN2O2S/c18-13-5-3-12(4-6-13)16-8-7-14(22-16)11-19-20-17(21)10-15-2-1-9-23-15/h1-9,11H,10H2,(H,20,21)/b19-11-. The summed E-state index contributed by atoms with van der Waals surface area (Å²) in [5.41, 5.74) is 3.41. The molecule has 4 nitrogen and oxygen atoms in total. The predicted octanol–water partition coefficient (Wildman–Crippen LogP) is 4.35. The molecule has 1 aromatic carbocycles. The topological polar surface area (TPSA) is 54.6 Å². The van der Waals surface area contributed by atoms with Gasteiger partial charge in [0, 0.05) is 15.5 Å². The van der Waals surface area contributed by atoms with E-state index in [0.717, 1.165) is 10.4 Å². The lowest BCUT2D eigenvalue weighted by atomic mass is 10.2. The minimum atomic E-state index is -0.159. The van der Waals surface area contributed by atoms with Gasteiger partial charge in [0.05, 0.1) is 12.6 Å². The molecule has 2 aromatic heterocycles. The number of hydrazone groups is 1. The molecule has 0 aliphatic heterocycles. The van der Waals surface area contributed by atoms with Gasteiger partial charge in [0.25, 0.3) is 0 Å². The van der Waals surface area contributed by atoms with Crippen LogP contribution in [0, 0.1) is 0 Å². The van der Waals surface area contributed by atoms with Crippen LogP contribution in [0.1, 0.15) is 10.6 Å². The van der Waals surface area contributed by atoms with E-state index in [2.05, 4.69) is 10.5 Å². The molecule has 2 heterocycles. The summed E-state index contributed by atoms with van der Waals surface area (Å²) in [5, 5.41) is 6.52. The second kappa shape index (κ2) is 7.26. The van der Waals surface area contributed by atoms with Crippen LogP contribution in [0.25, 0.3) is 11.3 Å².